The molecule has 0 radical (unpaired) electrons. The third-order valence-electron chi connectivity index (χ3n) is 1.84. The average molecular weight is 294 g/mol. The summed E-state index contributed by atoms with van der Waals surface area (Å²) in [5.41, 5.74) is 5.17. The Labute approximate surface area is 111 Å². The zero-order chi connectivity index (χ0) is 12.9. The van der Waals surface area contributed by atoms with Gasteiger partial charge in [0.1, 0.15) is 18.1 Å². The van der Waals surface area contributed by atoms with Crippen molar-refractivity contribution in [2.75, 3.05) is 18.1 Å². The van der Waals surface area contributed by atoms with Gasteiger partial charge in [-0.05, 0) is 24.3 Å². The lowest BCUT2D eigenvalue weighted by Gasteiger charge is -2.06. The van der Waals surface area contributed by atoms with E-state index < -0.39 is 9.84 Å². The molecule has 0 bridgehead atoms. The summed E-state index contributed by atoms with van der Waals surface area (Å²) >= 11 is 10.2. The molecule has 0 spiro atoms. The Bertz CT molecular complexity index is 485. The zero-order valence-electron chi connectivity index (χ0n) is 8.93. The summed E-state index contributed by atoms with van der Waals surface area (Å²) in [5.74, 6) is 0.166. The molecule has 0 saturated carbocycles. The van der Waals surface area contributed by atoms with E-state index >= 15 is 0 Å². The average Bonchev–Trinajstić information content (AvgIpc) is 2.18. The minimum Gasteiger partial charge on any atom is -0.493 e. The van der Waals surface area contributed by atoms with Gasteiger partial charge in [-0.2, -0.15) is 0 Å². The largest absolute Gasteiger partial charge is 0.493 e. The fourth-order valence-corrected chi connectivity index (χ4v) is 2.69. The molecule has 94 valence electrons. The summed E-state index contributed by atoms with van der Waals surface area (Å²) < 4.78 is 28.1. The van der Waals surface area contributed by atoms with E-state index in [4.69, 9.17) is 22.1 Å². The van der Waals surface area contributed by atoms with Crippen molar-refractivity contribution < 1.29 is 13.2 Å². The molecule has 4 nitrogen and oxygen atoms in total. The number of sulfone groups is 1. The van der Waals surface area contributed by atoms with Crippen molar-refractivity contribution in [3.63, 3.8) is 0 Å². The number of rotatable bonds is 6. The van der Waals surface area contributed by atoms with Crippen LogP contribution in [0.1, 0.15) is 0 Å². The van der Waals surface area contributed by atoms with Crippen molar-refractivity contribution in [1.29, 1.82) is 0 Å². The monoisotopic (exact) mass is 293 g/mol. The molecule has 0 amide bonds. The van der Waals surface area contributed by atoms with E-state index in [9.17, 15) is 8.42 Å². The van der Waals surface area contributed by atoms with Crippen molar-refractivity contribution >= 4 is 38.6 Å². The topological polar surface area (TPSA) is 69.4 Å². The van der Waals surface area contributed by atoms with Gasteiger partial charge in [-0.1, -0.05) is 23.8 Å². The van der Waals surface area contributed by atoms with Gasteiger partial charge in [0.2, 0.25) is 0 Å². The molecule has 0 unspecified atom stereocenters. The van der Waals surface area contributed by atoms with Crippen molar-refractivity contribution in [3.05, 3.63) is 29.3 Å². The summed E-state index contributed by atoms with van der Waals surface area (Å²) in [6.07, 6.45) is 0. The van der Waals surface area contributed by atoms with E-state index in [1.807, 2.05) is 0 Å². The number of hydrogen-bond donors (Lipinski definition) is 1. The minimum atomic E-state index is -3.28. The lowest BCUT2D eigenvalue weighted by atomic mass is 10.3. The van der Waals surface area contributed by atoms with Gasteiger partial charge in [-0.15, -0.1) is 0 Å². The smallest absolute Gasteiger partial charge is 0.160 e. The second kappa shape index (κ2) is 6.18. The van der Waals surface area contributed by atoms with Crippen molar-refractivity contribution in [2.24, 2.45) is 5.73 Å². The Morgan fingerprint density at radius 2 is 1.94 bits per heavy atom. The highest BCUT2D eigenvalue weighted by molar-refractivity contribution is 7.93. The number of ether oxygens (including phenoxy) is 1. The van der Waals surface area contributed by atoms with Gasteiger partial charge in [-0.25, -0.2) is 8.42 Å². The van der Waals surface area contributed by atoms with Crippen LogP contribution in [0.25, 0.3) is 0 Å². The van der Waals surface area contributed by atoms with Crippen molar-refractivity contribution in [2.45, 2.75) is 0 Å². The van der Waals surface area contributed by atoms with Crippen molar-refractivity contribution in [1.82, 2.24) is 0 Å². The normalized spacial score (nSPS) is 11.1. The second-order valence-corrected chi connectivity index (χ2v) is 6.51. The molecule has 0 saturated heterocycles. The Hall–Kier alpha value is -0.850. The summed E-state index contributed by atoms with van der Waals surface area (Å²) in [7, 11) is -3.28. The van der Waals surface area contributed by atoms with Gasteiger partial charge in [0, 0.05) is 5.02 Å². The molecule has 0 aliphatic rings. The highest BCUT2D eigenvalue weighted by atomic mass is 35.5. The lowest BCUT2D eigenvalue weighted by molar-refractivity contribution is 0.341. The lowest BCUT2D eigenvalue weighted by Crippen LogP contribution is -2.25. The molecule has 0 fully saturated rings. The van der Waals surface area contributed by atoms with Gasteiger partial charge in [0.15, 0.2) is 9.84 Å². The molecule has 0 aromatic heterocycles. The van der Waals surface area contributed by atoms with E-state index in [0.29, 0.717) is 10.8 Å². The Morgan fingerprint density at radius 3 is 2.47 bits per heavy atom. The van der Waals surface area contributed by atoms with Crippen LogP contribution in [0.4, 0.5) is 0 Å². The molecule has 17 heavy (non-hydrogen) atoms. The molecule has 0 aliphatic carbocycles. The third-order valence-corrected chi connectivity index (χ3v) is 3.96. The SMILES string of the molecule is NC(=S)CS(=O)(=O)CCOc1ccc(Cl)cc1. The Morgan fingerprint density at radius 1 is 1.35 bits per heavy atom. The van der Waals surface area contributed by atoms with E-state index in [2.05, 4.69) is 12.2 Å². The first-order chi connectivity index (χ1) is 7.89. The molecule has 0 heterocycles. The van der Waals surface area contributed by atoms with Gasteiger partial charge >= 0.3 is 0 Å². The maximum Gasteiger partial charge on any atom is 0.160 e. The minimum absolute atomic E-state index is 0.0310. The maximum absolute atomic E-state index is 11.4. The fourth-order valence-electron chi connectivity index (χ4n) is 1.11. The number of thiocarbonyl (C=S) groups is 1. The molecule has 0 atom stereocenters. The molecule has 7 heteroatoms. The van der Waals surface area contributed by atoms with Gasteiger partial charge < -0.3 is 10.5 Å². The van der Waals surface area contributed by atoms with Gasteiger partial charge in [-0.3, -0.25) is 0 Å². The summed E-state index contributed by atoms with van der Waals surface area (Å²) in [6, 6.07) is 6.67. The van der Waals surface area contributed by atoms with Gasteiger partial charge in [0.05, 0.1) is 10.7 Å². The van der Waals surface area contributed by atoms with Crippen molar-refractivity contribution in [3.8, 4) is 5.75 Å². The number of nitrogens with two attached hydrogens (primary N) is 1. The van der Waals surface area contributed by atoms with Gasteiger partial charge in [0.25, 0.3) is 0 Å². The summed E-state index contributed by atoms with van der Waals surface area (Å²) in [5, 5.41) is 0.596. The highest BCUT2D eigenvalue weighted by Gasteiger charge is 2.12. The second-order valence-electron chi connectivity index (χ2n) is 3.36. The summed E-state index contributed by atoms with van der Waals surface area (Å²) in [4.78, 5) is -0.0310. The van der Waals surface area contributed by atoms with Crippen LogP contribution in [0.2, 0.25) is 5.02 Å². The quantitative estimate of drug-likeness (QED) is 0.803. The number of halogens is 1. The van der Waals surface area contributed by atoms with Crippen LogP contribution < -0.4 is 10.5 Å². The Balaban J connectivity index is 2.42. The molecule has 2 N–H and O–H groups in total. The maximum atomic E-state index is 11.4. The first-order valence-corrected chi connectivity index (χ1v) is 7.37. The van der Waals surface area contributed by atoms with E-state index in [1.54, 1.807) is 24.3 Å². The zero-order valence-corrected chi connectivity index (χ0v) is 11.3. The van der Waals surface area contributed by atoms with Crippen LogP contribution in [0.5, 0.6) is 5.75 Å². The number of benzene rings is 1. The van der Waals surface area contributed by atoms with Crippen LogP contribution in [0.15, 0.2) is 24.3 Å². The molecule has 0 aliphatic heterocycles. The molecule has 1 rings (SSSR count). The van der Waals surface area contributed by atoms with Crippen LogP contribution >= 0.6 is 23.8 Å². The highest BCUT2D eigenvalue weighted by Crippen LogP contribution is 2.15. The molecule has 1 aromatic rings. The fraction of sp³-hybridized carbons (Fsp3) is 0.300. The van der Waals surface area contributed by atoms with E-state index in [0.717, 1.165) is 0 Å². The summed E-state index contributed by atoms with van der Waals surface area (Å²) in [6.45, 7) is 0.0621. The predicted octanol–water partition coefficient (Wildman–Crippen LogP) is 1.42. The molecule has 1 aromatic carbocycles. The van der Waals surface area contributed by atoms with Crippen LogP contribution in [0, 0.1) is 0 Å². The van der Waals surface area contributed by atoms with Crippen LogP contribution in [0.3, 0.4) is 0 Å². The van der Waals surface area contributed by atoms with E-state index in [-0.39, 0.29) is 23.1 Å². The standard InChI is InChI=1S/C10H12ClNO3S2/c11-8-1-3-9(4-2-8)15-5-6-17(13,14)7-10(12)16/h1-4H,5-7H2,(H2,12,16). The number of hydrogen-bond acceptors (Lipinski definition) is 4. The van der Waals surface area contributed by atoms with Crippen LogP contribution in [-0.4, -0.2) is 31.5 Å². The third kappa shape index (κ3) is 5.86. The first-order valence-electron chi connectivity index (χ1n) is 4.76. The molecular weight excluding hydrogens is 282 g/mol. The van der Waals surface area contributed by atoms with Crippen LogP contribution in [-0.2, 0) is 9.84 Å². The molecular formula is C10H12ClNO3S2. The van der Waals surface area contributed by atoms with E-state index in [1.165, 1.54) is 0 Å². The predicted molar refractivity (Wildman–Crippen MR) is 72.4 cm³/mol. The Kier molecular flexibility index (Phi) is 5.17. The first kappa shape index (κ1) is 14.2.